The first-order valence-corrected chi connectivity index (χ1v) is 7.29. The molecule has 3 rings (SSSR count). The molecular formula is C13H11F2N3O2S. The zero-order valence-corrected chi connectivity index (χ0v) is 11.6. The summed E-state index contributed by atoms with van der Waals surface area (Å²) in [5, 5.41) is 17.2. The van der Waals surface area contributed by atoms with E-state index in [4.69, 9.17) is 5.11 Å². The summed E-state index contributed by atoms with van der Waals surface area (Å²) in [5.41, 5.74) is 0.426. The average Bonchev–Trinajstić information content (AvgIpc) is 3.19. The minimum absolute atomic E-state index is 0.122. The summed E-state index contributed by atoms with van der Waals surface area (Å²) in [4.78, 5) is 10.7. The van der Waals surface area contributed by atoms with Crippen LogP contribution in [0.3, 0.4) is 0 Å². The summed E-state index contributed by atoms with van der Waals surface area (Å²) < 4.78 is 28.2. The van der Waals surface area contributed by atoms with Gasteiger partial charge < -0.3 is 5.11 Å². The van der Waals surface area contributed by atoms with Crippen LogP contribution in [-0.2, 0) is 4.79 Å². The number of benzene rings is 1. The first kappa shape index (κ1) is 14.0. The Bertz CT molecular complexity index is 701. The minimum Gasteiger partial charge on any atom is -0.481 e. The predicted molar refractivity (Wildman–Crippen MR) is 72.0 cm³/mol. The Balaban J connectivity index is 1.98. The number of carboxylic acids is 1. The molecule has 1 heterocycles. The Morgan fingerprint density at radius 1 is 1.33 bits per heavy atom. The third-order valence-electron chi connectivity index (χ3n) is 3.08. The Labute approximate surface area is 123 Å². The van der Waals surface area contributed by atoms with Crippen LogP contribution in [0.4, 0.5) is 8.78 Å². The molecule has 0 amide bonds. The molecule has 110 valence electrons. The standard InChI is InChI=1S/C13H11F2N3O2S/c14-9-4-1-7(5-10(9)15)12-16-17-13(21-6-11(19)20)18(12)8-2-3-8/h1,4-5,8H,2-3,6H2,(H,19,20). The lowest BCUT2D eigenvalue weighted by Crippen LogP contribution is -2.03. The van der Waals surface area contributed by atoms with Crippen molar-refractivity contribution in [3.8, 4) is 11.4 Å². The van der Waals surface area contributed by atoms with Gasteiger partial charge in [0, 0.05) is 11.6 Å². The van der Waals surface area contributed by atoms with Crippen molar-refractivity contribution in [2.75, 3.05) is 5.75 Å². The number of carboxylic acid groups (broad SMARTS) is 1. The van der Waals surface area contributed by atoms with Crippen LogP contribution >= 0.6 is 11.8 Å². The Morgan fingerprint density at radius 3 is 2.71 bits per heavy atom. The lowest BCUT2D eigenvalue weighted by molar-refractivity contribution is -0.133. The third kappa shape index (κ3) is 2.90. The van der Waals surface area contributed by atoms with Crippen LogP contribution < -0.4 is 0 Å². The highest BCUT2D eigenvalue weighted by atomic mass is 32.2. The van der Waals surface area contributed by atoms with Gasteiger partial charge in [-0.1, -0.05) is 11.8 Å². The fourth-order valence-corrected chi connectivity index (χ4v) is 2.72. The number of hydrogen-bond acceptors (Lipinski definition) is 4. The zero-order chi connectivity index (χ0) is 15.0. The van der Waals surface area contributed by atoms with Crippen molar-refractivity contribution in [2.24, 2.45) is 0 Å². The number of halogens is 2. The monoisotopic (exact) mass is 311 g/mol. The Morgan fingerprint density at radius 2 is 2.10 bits per heavy atom. The second-order valence-electron chi connectivity index (χ2n) is 4.72. The normalized spacial score (nSPS) is 14.4. The van der Waals surface area contributed by atoms with Gasteiger partial charge in [-0.2, -0.15) is 0 Å². The first-order chi connectivity index (χ1) is 10.1. The molecule has 0 saturated heterocycles. The topological polar surface area (TPSA) is 68.0 Å². The molecule has 1 fully saturated rings. The summed E-state index contributed by atoms with van der Waals surface area (Å²) in [6.45, 7) is 0. The summed E-state index contributed by atoms with van der Waals surface area (Å²) in [6.07, 6.45) is 1.88. The molecule has 2 aromatic rings. The summed E-state index contributed by atoms with van der Waals surface area (Å²) >= 11 is 1.07. The van der Waals surface area contributed by atoms with Gasteiger partial charge >= 0.3 is 5.97 Å². The highest BCUT2D eigenvalue weighted by Gasteiger charge is 2.30. The van der Waals surface area contributed by atoms with Gasteiger partial charge in [0.25, 0.3) is 0 Å². The molecule has 0 unspecified atom stereocenters. The Kier molecular flexibility index (Phi) is 3.62. The van der Waals surface area contributed by atoms with Gasteiger partial charge in [0.2, 0.25) is 0 Å². The smallest absolute Gasteiger partial charge is 0.313 e. The first-order valence-electron chi connectivity index (χ1n) is 6.31. The molecule has 0 bridgehead atoms. The maximum absolute atomic E-state index is 13.4. The molecule has 5 nitrogen and oxygen atoms in total. The number of rotatable bonds is 5. The quantitative estimate of drug-likeness (QED) is 0.860. The highest BCUT2D eigenvalue weighted by Crippen LogP contribution is 2.41. The summed E-state index contributed by atoms with van der Waals surface area (Å²) in [6, 6.07) is 3.75. The SMILES string of the molecule is O=C(O)CSc1nnc(-c2ccc(F)c(F)c2)n1C1CC1. The lowest BCUT2D eigenvalue weighted by Gasteiger charge is -2.08. The van der Waals surface area contributed by atoms with Crippen molar-refractivity contribution < 1.29 is 18.7 Å². The van der Waals surface area contributed by atoms with Gasteiger partial charge in [0.15, 0.2) is 22.6 Å². The van der Waals surface area contributed by atoms with E-state index < -0.39 is 17.6 Å². The van der Waals surface area contributed by atoms with Crippen LogP contribution in [0.5, 0.6) is 0 Å². The molecule has 1 aromatic carbocycles. The highest BCUT2D eigenvalue weighted by molar-refractivity contribution is 7.99. The number of hydrogen-bond donors (Lipinski definition) is 1. The Hall–Kier alpha value is -1.96. The number of aromatic nitrogens is 3. The average molecular weight is 311 g/mol. The summed E-state index contributed by atoms with van der Waals surface area (Å²) in [5.74, 6) is -2.50. The van der Waals surface area contributed by atoms with E-state index in [2.05, 4.69) is 10.2 Å². The number of nitrogens with zero attached hydrogens (tertiary/aromatic N) is 3. The molecule has 0 aliphatic heterocycles. The van der Waals surface area contributed by atoms with E-state index in [0.29, 0.717) is 16.5 Å². The van der Waals surface area contributed by atoms with Gasteiger partial charge in [-0.25, -0.2) is 8.78 Å². The third-order valence-corrected chi connectivity index (χ3v) is 4.01. The van der Waals surface area contributed by atoms with Gasteiger partial charge in [0.1, 0.15) is 0 Å². The molecule has 1 aliphatic carbocycles. The van der Waals surface area contributed by atoms with E-state index in [-0.39, 0.29) is 11.8 Å². The molecule has 0 atom stereocenters. The van der Waals surface area contributed by atoms with Gasteiger partial charge in [0.05, 0.1) is 5.75 Å². The van der Waals surface area contributed by atoms with Crippen molar-refractivity contribution in [1.82, 2.24) is 14.8 Å². The number of thioether (sulfide) groups is 1. The second-order valence-corrected chi connectivity index (χ2v) is 5.66. The van der Waals surface area contributed by atoms with Gasteiger partial charge in [-0.15, -0.1) is 10.2 Å². The lowest BCUT2D eigenvalue weighted by atomic mass is 10.2. The minimum atomic E-state index is -0.947. The van der Waals surface area contributed by atoms with Crippen LogP contribution in [0.2, 0.25) is 0 Å². The fraction of sp³-hybridized carbons (Fsp3) is 0.308. The van der Waals surface area contributed by atoms with Crippen LogP contribution in [0, 0.1) is 11.6 Å². The molecule has 0 radical (unpaired) electrons. The van der Waals surface area contributed by atoms with E-state index in [1.54, 1.807) is 4.57 Å². The van der Waals surface area contributed by atoms with Crippen molar-refractivity contribution in [3.05, 3.63) is 29.8 Å². The van der Waals surface area contributed by atoms with Crippen molar-refractivity contribution >= 4 is 17.7 Å². The maximum Gasteiger partial charge on any atom is 0.313 e. The zero-order valence-electron chi connectivity index (χ0n) is 10.8. The van der Waals surface area contributed by atoms with Gasteiger partial charge in [-0.3, -0.25) is 9.36 Å². The second kappa shape index (κ2) is 5.44. The molecule has 0 spiro atoms. The predicted octanol–water partition coefficient (Wildman–Crippen LogP) is 2.73. The molecule has 1 N–H and O–H groups in total. The van der Waals surface area contributed by atoms with Crippen LogP contribution in [0.15, 0.2) is 23.4 Å². The molecule has 1 aliphatic rings. The molecule has 8 heteroatoms. The van der Waals surface area contributed by atoms with E-state index >= 15 is 0 Å². The molecule has 1 saturated carbocycles. The van der Waals surface area contributed by atoms with Crippen LogP contribution in [0.1, 0.15) is 18.9 Å². The largest absolute Gasteiger partial charge is 0.481 e. The summed E-state index contributed by atoms with van der Waals surface area (Å²) in [7, 11) is 0. The molecule has 1 aromatic heterocycles. The maximum atomic E-state index is 13.4. The van der Waals surface area contributed by atoms with Crippen molar-refractivity contribution in [1.29, 1.82) is 0 Å². The van der Waals surface area contributed by atoms with E-state index in [1.165, 1.54) is 6.07 Å². The number of aliphatic carboxylic acids is 1. The van der Waals surface area contributed by atoms with E-state index in [0.717, 1.165) is 36.7 Å². The van der Waals surface area contributed by atoms with Crippen molar-refractivity contribution in [3.63, 3.8) is 0 Å². The fourth-order valence-electron chi connectivity index (χ4n) is 2.00. The van der Waals surface area contributed by atoms with E-state index in [9.17, 15) is 13.6 Å². The molecular weight excluding hydrogens is 300 g/mol. The van der Waals surface area contributed by atoms with Crippen molar-refractivity contribution in [2.45, 2.75) is 24.0 Å². The van der Waals surface area contributed by atoms with Crippen LogP contribution in [0.25, 0.3) is 11.4 Å². The van der Waals surface area contributed by atoms with Crippen LogP contribution in [-0.4, -0.2) is 31.6 Å². The van der Waals surface area contributed by atoms with Gasteiger partial charge in [-0.05, 0) is 31.0 Å². The molecule has 21 heavy (non-hydrogen) atoms. The van der Waals surface area contributed by atoms with E-state index in [1.807, 2.05) is 0 Å². The number of carbonyl (C=O) groups is 1.